The maximum atomic E-state index is 11.8. The van der Waals surface area contributed by atoms with Crippen LogP contribution in [0.25, 0.3) is 0 Å². The van der Waals surface area contributed by atoms with E-state index in [4.69, 9.17) is 4.42 Å². The molecule has 1 aromatic heterocycles. The largest absolute Gasteiger partial charge is 0.465 e. The van der Waals surface area contributed by atoms with Gasteiger partial charge >= 0.3 is 0 Å². The molecule has 4 heteroatoms. The second kappa shape index (κ2) is 4.92. The molecule has 0 bridgehead atoms. The van der Waals surface area contributed by atoms with Crippen LogP contribution >= 0.6 is 0 Å². The summed E-state index contributed by atoms with van der Waals surface area (Å²) in [6.45, 7) is 4.51. The summed E-state index contributed by atoms with van der Waals surface area (Å²) in [5.74, 6) is 1.91. The number of rotatable bonds is 5. The number of amides is 1. The molecule has 1 aliphatic rings. The van der Waals surface area contributed by atoms with E-state index in [9.17, 15) is 4.79 Å². The molecule has 94 valence electrons. The number of likely N-dealkylation sites (N-methyl/N-ethyl adjacent to an activating group) is 1. The predicted octanol–water partition coefficient (Wildman–Crippen LogP) is 1.69. The highest BCUT2D eigenvalue weighted by Gasteiger charge is 2.27. The fourth-order valence-corrected chi connectivity index (χ4v) is 1.70. The van der Waals surface area contributed by atoms with Crippen LogP contribution < -0.4 is 5.32 Å². The van der Waals surface area contributed by atoms with Crippen molar-refractivity contribution in [2.75, 3.05) is 7.05 Å². The molecule has 0 unspecified atom stereocenters. The second-order valence-electron chi connectivity index (χ2n) is 4.89. The highest BCUT2D eigenvalue weighted by atomic mass is 16.3. The molecule has 1 aromatic rings. The minimum absolute atomic E-state index is 0.110. The van der Waals surface area contributed by atoms with Crippen LogP contribution in [0.4, 0.5) is 0 Å². The lowest BCUT2D eigenvalue weighted by Crippen LogP contribution is -2.43. The number of hydrogen-bond donors (Lipinski definition) is 1. The Balaban J connectivity index is 1.85. The van der Waals surface area contributed by atoms with E-state index < -0.39 is 0 Å². The van der Waals surface area contributed by atoms with Crippen LogP contribution in [0.3, 0.4) is 0 Å². The Bertz CT molecular complexity index is 396. The molecule has 1 aliphatic carbocycles. The zero-order valence-electron chi connectivity index (χ0n) is 10.7. The lowest BCUT2D eigenvalue weighted by atomic mass is 10.2. The van der Waals surface area contributed by atoms with Crippen LogP contribution in [0.2, 0.25) is 0 Å². The zero-order valence-corrected chi connectivity index (χ0v) is 10.7. The van der Waals surface area contributed by atoms with Gasteiger partial charge in [-0.15, -0.1) is 0 Å². The predicted molar refractivity (Wildman–Crippen MR) is 65.5 cm³/mol. The third kappa shape index (κ3) is 3.33. The lowest BCUT2D eigenvalue weighted by Gasteiger charge is -2.22. The lowest BCUT2D eigenvalue weighted by molar-refractivity contribution is -0.125. The molecule has 1 amide bonds. The van der Waals surface area contributed by atoms with Gasteiger partial charge in [-0.25, -0.2) is 0 Å². The molecule has 4 nitrogen and oxygen atoms in total. The van der Waals surface area contributed by atoms with Gasteiger partial charge in [0.25, 0.3) is 0 Å². The van der Waals surface area contributed by atoms with Gasteiger partial charge < -0.3 is 9.73 Å². The number of furan rings is 1. The first-order valence-corrected chi connectivity index (χ1v) is 6.12. The van der Waals surface area contributed by atoms with Crippen LogP contribution in [-0.2, 0) is 11.3 Å². The van der Waals surface area contributed by atoms with Crippen LogP contribution in [0.5, 0.6) is 0 Å². The van der Waals surface area contributed by atoms with E-state index in [1.807, 2.05) is 37.9 Å². The van der Waals surface area contributed by atoms with Gasteiger partial charge in [0.1, 0.15) is 11.5 Å². The first kappa shape index (κ1) is 12.2. The van der Waals surface area contributed by atoms with Gasteiger partial charge in [-0.2, -0.15) is 0 Å². The summed E-state index contributed by atoms with van der Waals surface area (Å²) < 4.78 is 5.50. The van der Waals surface area contributed by atoms with Crippen molar-refractivity contribution < 1.29 is 9.21 Å². The molecule has 0 aromatic carbocycles. The molecule has 1 heterocycles. The van der Waals surface area contributed by atoms with Crippen molar-refractivity contribution in [3.63, 3.8) is 0 Å². The topological polar surface area (TPSA) is 45.5 Å². The normalized spacial score (nSPS) is 17.2. The molecule has 1 N–H and O–H groups in total. The average Bonchev–Trinajstić information content (AvgIpc) is 3.00. The summed E-state index contributed by atoms with van der Waals surface area (Å²) in [5, 5.41) is 3.01. The smallest absolute Gasteiger partial charge is 0.237 e. The Labute approximate surface area is 102 Å². The summed E-state index contributed by atoms with van der Waals surface area (Å²) in [6.07, 6.45) is 2.25. The Kier molecular flexibility index (Phi) is 3.52. The molecule has 17 heavy (non-hydrogen) atoms. The van der Waals surface area contributed by atoms with Crippen LogP contribution in [0, 0.1) is 6.92 Å². The average molecular weight is 236 g/mol. The van der Waals surface area contributed by atoms with Crippen LogP contribution in [0.1, 0.15) is 31.3 Å². The van der Waals surface area contributed by atoms with E-state index in [1.54, 1.807) is 0 Å². The Morgan fingerprint density at radius 1 is 1.59 bits per heavy atom. The Hall–Kier alpha value is -1.29. The summed E-state index contributed by atoms with van der Waals surface area (Å²) in [6, 6.07) is 4.19. The Morgan fingerprint density at radius 2 is 2.29 bits per heavy atom. The molecule has 2 rings (SSSR count). The van der Waals surface area contributed by atoms with Crippen molar-refractivity contribution in [2.45, 2.75) is 45.3 Å². The maximum absolute atomic E-state index is 11.8. The van der Waals surface area contributed by atoms with E-state index >= 15 is 0 Å². The van der Waals surface area contributed by atoms with Crippen molar-refractivity contribution in [3.8, 4) is 0 Å². The van der Waals surface area contributed by atoms with Crippen LogP contribution in [0.15, 0.2) is 16.5 Å². The van der Waals surface area contributed by atoms with E-state index in [1.165, 1.54) is 0 Å². The molecule has 0 radical (unpaired) electrons. The van der Waals surface area contributed by atoms with E-state index in [0.717, 1.165) is 24.4 Å². The van der Waals surface area contributed by atoms with Gasteiger partial charge in [0, 0.05) is 6.04 Å². The van der Waals surface area contributed by atoms with Crippen molar-refractivity contribution in [2.24, 2.45) is 0 Å². The third-order valence-corrected chi connectivity index (χ3v) is 3.17. The van der Waals surface area contributed by atoms with Crippen molar-refractivity contribution in [1.29, 1.82) is 0 Å². The number of aryl methyl sites for hydroxylation is 1. The molecule has 0 spiro atoms. The summed E-state index contributed by atoms with van der Waals surface area (Å²) in [7, 11) is 1.94. The quantitative estimate of drug-likeness (QED) is 0.846. The van der Waals surface area contributed by atoms with E-state index in [0.29, 0.717) is 12.6 Å². The minimum Gasteiger partial charge on any atom is -0.465 e. The Morgan fingerprint density at radius 3 is 2.82 bits per heavy atom. The third-order valence-electron chi connectivity index (χ3n) is 3.17. The van der Waals surface area contributed by atoms with Crippen molar-refractivity contribution in [3.05, 3.63) is 23.7 Å². The highest BCUT2D eigenvalue weighted by molar-refractivity contribution is 5.81. The van der Waals surface area contributed by atoms with Crippen molar-refractivity contribution >= 4 is 5.91 Å². The van der Waals surface area contributed by atoms with E-state index in [2.05, 4.69) is 5.32 Å². The maximum Gasteiger partial charge on any atom is 0.237 e. The number of hydrogen-bond acceptors (Lipinski definition) is 3. The SMILES string of the molecule is Cc1ccc(CN(C)[C@H](C)C(=O)NC2CC2)o1. The molecule has 1 fully saturated rings. The monoisotopic (exact) mass is 236 g/mol. The fourth-order valence-electron chi connectivity index (χ4n) is 1.70. The van der Waals surface area contributed by atoms with Crippen molar-refractivity contribution in [1.82, 2.24) is 10.2 Å². The number of carbonyl (C=O) groups is 1. The first-order chi connectivity index (χ1) is 8.06. The van der Waals surface area contributed by atoms with Gasteiger partial charge in [0.05, 0.1) is 12.6 Å². The molecular weight excluding hydrogens is 216 g/mol. The first-order valence-electron chi connectivity index (χ1n) is 6.12. The molecule has 1 saturated carbocycles. The fraction of sp³-hybridized carbons (Fsp3) is 0.615. The molecule has 1 atom stereocenters. The number of nitrogens with zero attached hydrogens (tertiary/aromatic N) is 1. The standard InChI is InChI=1S/C13H20N2O2/c1-9-4-7-12(17-9)8-15(3)10(2)13(16)14-11-5-6-11/h4,7,10-11H,5-6,8H2,1-3H3,(H,14,16)/t10-/m1/s1. The van der Waals surface area contributed by atoms with Gasteiger partial charge in [-0.1, -0.05) is 0 Å². The molecule has 0 aliphatic heterocycles. The molecular formula is C13H20N2O2. The number of carbonyl (C=O) groups excluding carboxylic acids is 1. The zero-order chi connectivity index (χ0) is 12.4. The molecule has 0 saturated heterocycles. The van der Waals surface area contributed by atoms with Gasteiger partial charge in [-0.05, 0) is 45.9 Å². The van der Waals surface area contributed by atoms with Gasteiger partial charge in [0.15, 0.2) is 0 Å². The van der Waals surface area contributed by atoms with Crippen LogP contribution in [-0.4, -0.2) is 29.9 Å². The summed E-state index contributed by atoms with van der Waals surface area (Å²) in [4.78, 5) is 13.8. The second-order valence-corrected chi connectivity index (χ2v) is 4.89. The highest BCUT2D eigenvalue weighted by Crippen LogP contribution is 2.19. The van der Waals surface area contributed by atoms with E-state index in [-0.39, 0.29) is 11.9 Å². The summed E-state index contributed by atoms with van der Waals surface area (Å²) >= 11 is 0. The van der Waals surface area contributed by atoms with Gasteiger partial charge in [0.2, 0.25) is 5.91 Å². The van der Waals surface area contributed by atoms with Gasteiger partial charge in [-0.3, -0.25) is 9.69 Å². The minimum atomic E-state index is -0.124. The summed E-state index contributed by atoms with van der Waals surface area (Å²) in [5.41, 5.74) is 0. The number of nitrogens with one attached hydrogen (secondary N) is 1.